The van der Waals surface area contributed by atoms with Gasteiger partial charge in [0.05, 0.1) is 0 Å². The van der Waals surface area contributed by atoms with Crippen LogP contribution in [-0.4, -0.2) is 12.6 Å². The zero-order chi connectivity index (χ0) is 13.7. The van der Waals surface area contributed by atoms with Gasteiger partial charge >= 0.3 is 0 Å². The van der Waals surface area contributed by atoms with Gasteiger partial charge in [0, 0.05) is 6.04 Å². The molecule has 0 aliphatic heterocycles. The van der Waals surface area contributed by atoms with E-state index in [4.69, 9.17) is 0 Å². The molecule has 0 saturated heterocycles. The Kier molecular flexibility index (Phi) is 5.45. The lowest BCUT2D eigenvalue weighted by Gasteiger charge is -2.33. The molecular formula is C18H29N. The van der Waals surface area contributed by atoms with Crippen LogP contribution in [0.3, 0.4) is 0 Å². The molecule has 0 spiro atoms. The van der Waals surface area contributed by atoms with Gasteiger partial charge < -0.3 is 5.32 Å². The molecule has 0 bridgehead atoms. The van der Waals surface area contributed by atoms with Gasteiger partial charge in [-0.3, -0.25) is 0 Å². The molecule has 1 fully saturated rings. The van der Waals surface area contributed by atoms with Crippen LogP contribution in [0.4, 0.5) is 0 Å². The third kappa shape index (κ3) is 4.35. The van der Waals surface area contributed by atoms with E-state index in [1.807, 2.05) is 0 Å². The van der Waals surface area contributed by atoms with E-state index in [0.717, 1.165) is 11.8 Å². The first-order valence-corrected chi connectivity index (χ1v) is 7.94. The number of rotatable bonds is 5. The first kappa shape index (κ1) is 14.6. The second-order valence-electron chi connectivity index (χ2n) is 6.50. The molecule has 1 aromatic rings. The van der Waals surface area contributed by atoms with Gasteiger partial charge in [-0.05, 0) is 55.7 Å². The molecule has 0 heterocycles. The predicted molar refractivity (Wildman–Crippen MR) is 83.5 cm³/mol. The van der Waals surface area contributed by atoms with Crippen LogP contribution in [-0.2, 0) is 6.42 Å². The standard InChI is InChI=1S/C18H29N/c1-14(2)19-13-18-11-7-6-10-17(18)12-16-9-5-4-8-15(16)3/h4-5,8-9,14,17-19H,6-7,10-13H2,1-3H3. The summed E-state index contributed by atoms with van der Waals surface area (Å²) in [5.41, 5.74) is 3.02. The highest BCUT2D eigenvalue weighted by Crippen LogP contribution is 2.32. The van der Waals surface area contributed by atoms with Crippen molar-refractivity contribution in [3.63, 3.8) is 0 Å². The Hall–Kier alpha value is -0.820. The fourth-order valence-corrected chi connectivity index (χ4v) is 3.33. The average Bonchev–Trinajstić information content (AvgIpc) is 2.40. The Balaban J connectivity index is 1.97. The second kappa shape index (κ2) is 7.09. The minimum absolute atomic E-state index is 0.612. The lowest BCUT2D eigenvalue weighted by molar-refractivity contribution is 0.224. The normalized spacial score (nSPS) is 23.8. The summed E-state index contributed by atoms with van der Waals surface area (Å²) in [4.78, 5) is 0. The van der Waals surface area contributed by atoms with Crippen LogP contribution in [0.2, 0.25) is 0 Å². The number of nitrogens with one attached hydrogen (secondary N) is 1. The first-order valence-electron chi connectivity index (χ1n) is 7.94. The van der Waals surface area contributed by atoms with E-state index in [1.165, 1.54) is 44.2 Å². The smallest absolute Gasteiger partial charge is 0.00104 e. The summed E-state index contributed by atoms with van der Waals surface area (Å²) in [7, 11) is 0. The van der Waals surface area contributed by atoms with E-state index in [1.54, 1.807) is 5.56 Å². The molecule has 1 saturated carbocycles. The van der Waals surface area contributed by atoms with Crippen molar-refractivity contribution in [2.24, 2.45) is 11.8 Å². The summed E-state index contributed by atoms with van der Waals surface area (Å²) in [5, 5.41) is 3.65. The molecule has 2 atom stereocenters. The molecule has 1 N–H and O–H groups in total. The zero-order valence-corrected chi connectivity index (χ0v) is 12.8. The van der Waals surface area contributed by atoms with Gasteiger partial charge in [-0.15, -0.1) is 0 Å². The minimum Gasteiger partial charge on any atom is -0.314 e. The van der Waals surface area contributed by atoms with Crippen LogP contribution in [0.15, 0.2) is 24.3 Å². The molecule has 1 aliphatic carbocycles. The average molecular weight is 259 g/mol. The van der Waals surface area contributed by atoms with Gasteiger partial charge in [-0.25, -0.2) is 0 Å². The Bertz CT molecular complexity index is 383. The third-order valence-electron chi connectivity index (χ3n) is 4.60. The minimum atomic E-state index is 0.612. The monoisotopic (exact) mass is 259 g/mol. The summed E-state index contributed by atoms with van der Waals surface area (Å²) < 4.78 is 0. The van der Waals surface area contributed by atoms with Crippen molar-refractivity contribution in [3.05, 3.63) is 35.4 Å². The first-order chi connectivity index (χ1) is 9.16. The van der Waals surface area contributed by atoms with E-state index >= 15 is 0 Å². The Labute approximate surface area is 118 Å². The fraction of sp³-hybridized carbons (Fsp3) is 0.667. The van der Waals surface area contributed by atoms with Crippen LogP contribution in [0.5, 0.6) is 0 Å². The number of hydrogen-bond acceptors (Lipinski definition) is 1. The van der Waals surface area contributed by atoms with Crippen molar-refractivity contribution >= 4 is 0 Å². The van der Waals surface area contributed by atoms with Gasteiger partial charge in [0.1, 0.15) is 0 Å². The molecule has 0 radical (unpaired) electrons. The summed E-state index contributed by atoms with van der Waals surface area (Å²) >= 11 is 0. The van der Waals surface area contributed by atoms with Crippen LogP contribution < -0.4 is 5.32 Å². The van der Waals surface area contributed by atoms with Crippen LogP contribution in [0.1, 0.15) is 50.7 Å². The van der Waals surface area contributed by atoms with Gasteiger partial charge in [0.2, 0.25) is 0 Å². The lowest BCUT2D eigenvalue weighted by Crippen LogP contribution is -2.35. The molecule has 106 valence electrons. The predicted octanol–water partition coefficient (Wildman–Crippen LogP) is 4.34. The number of hydrogen-bond donors (Lipinski definition) is 1. The topological polar surface area (TPSA) is 12.0 Å². The van der Waals surface area contributed by atoms with Crippen molar-refractivity contribution < 1.29 is 0 Å². The highest BCUT2D eigenvalue weighted by Gasteiger charge is 2.25. The van der Waals surface area contributed by atoms with E-state index in [9.17, 15) is 0 Å². The molecule has 1 heteroatoms. The van der Waals surface area contributed by atoms with Crippen molar-refractivity contribution in [1.82, 2.24) is 5.32 Å². The maximum absolute atomic E-state index is 3.65. The fourth-order valence-electron chi connectivity index (χ4n) is 3.33. The SMILES string of the molecule is Cc1ccccc1CC1CCCCC1CNC(C)C. The Morgan fingerprint density at radius 2 is 1.79 bits per heavy atom. The molecule has 2 rings (SSSR count). The zero-order valence-electron chi connectivity index (χ0n) is 12.8. The van der Waals surface area contributed by atoms with Gasteiger partial charge in [0.25, 0.3) is 0 Å². The van der Waals surface area contributed by atoms with Gasteiger partial charge in [-0.2, -0.15) is 0 Å². The van der Waals surface area contributed by atoms with Crippen molar-refractivity contribution in [2.75, 3.05) is 6.54 Å². The van der Waals surface area contributed by atoms with Gasteiger partial charge in [0.15, 0.2) is 0 Å². The summed E-state index contributed by atoms with van der Waals surface area (Å²) in [6.07, 6.45) is 6.95. The molecular weight excluding hydrogens is 230 g/mol. The molecule has 1 aliphatic rings. The van der Waals surface area contributed by atoms with Gasteiger partial charge in [-0.1, -0.05) is 51.0 Å². The van der Waals surface area contributed by atoms with Crippen LogP contribution >= 0.6 is 0 Å². The van der Waals surface area contributed by atoms with Crippen molar-refractivity contribution in [3.8, 4) is 0 Å². The van der Waals surface area contributed by atoms with E-state index in [-0.39, 0.29) is 0 Å². The summed E-state index contributed by atoms with van der Waals surface area (Å²) in [6, 6.07) is 9.52. The quantitative estimate of drug-likeness (QED) is 0.829. The highest BCUT2D eigenvalue weighted by atomic mass is 14.9. The molecule has 2 unspecified atom stereocenters. The van der Waals surface area contributed by atoms with E-state index < -0.39 is 0 Å². The molecule has 0 amide bonds. The molecule has 0 aromatic heterocycles. The van der Waals surface area contributed by atoms with Crippen molar-refractivity contribution in [1.29, 1.82) is 0 Å². The van der Waals surface area contributed by atoms with E-state index in [2.05, 4.69) is 50.4 Å². The van der Waals surface area contributed by atoms with E-state index in [0.29, 0.717) is 6.04 Å². The Morgan fingerprint density at radius 1 is 1.11 bits per heavy atom. The molecule has 1 nitrogen and oxygen atoms in total. The summed E-state index contributed by atoms with van der Waals surface area (Å²) in [6.45, 7) is 7.95. The van der Waals surface area contributed by atoms with Crippen LogP contribution in [0.25, 0.3) is 0 Å². The highest BCUT2D eigenvalue weighted by molar-refractivity contribution is 5.26. The molecule has 19 heavy (non-hydrogen) atoms. The van der Waals surface area contributed by atoms with Crippen LogP contribution in [0, 0.1) is 18.8 Å². The largest absolute Gasteiger partial charge is 0.314 e. The summed E-state index contributed by atoms with van der Waals surface area (Å²) in [5.74, 6) is 1.75. The Morgan fingerprint density at radius 3 is 2.47 bits per heavy atom. The maximum atomic E-state index is 3.65. The molecule has 1 aromatic carbocycles. The second-order valence-corrected chi connectivity index (χ2v) is 6.50. The maximum Gasteiger partial charge on any atom is 0.00104 e. The van der Waals surface area contributed by atoms with Crippen molar-refractivity contribution in [2.45, 2.75) is 58.9 Å². The third-order valence-corrected chi connectivity index (χ3v) is 4.60. The lowest BCUT2D eigenvalue weighted by atomic mass is 9.75. The number of benzene rings is 1. The number of aryl methyl sites for hydroxylation is 1.